The Kier molecular flexibility index (Phi) is 7.48. The predicted octanol–water partition coefficient (Wildman–Crippen LogP) is 4.44. The largest absolute Gasteiger partial charge is 0.307 e. The average molecular weight is 359 g/mol. The van der Waals surface area contributed by atoms with E-state index in [9.17, 15) is 4.79 Å². The summed E-state index contributed by atoms with van der Waals surface area (Å²) in [5.41, 5.74) is 3.32. The summed E-state index contributed by atoms with van der Waals surface area (Å²) < 4.78 is 0. The fourth-order valence-corrected chi connectivity index (χ4v) is 3.28. The van der Waals surface area contributed by atoms with Crippen LogP contribution in [0.3, 0.4) is 0 Å². The van der Waals surface area contributed by atoms with Crippen molar-refractivity contribution in [2.24, 2.45) is 0 Å². The second-order valence-corrected chi connectivity index (χ2v) is 6.64. The highest BCUT2D eigenvalue weighted by Crippen LogP contribution is 2.20. The molecule has 0 atom stereocenters. The molecule has 1 aliphatic heterocycles. The average Bonchev–Trinajstić information content (AvgIpc) is 2.61. The first-order chi connectivity index (χ1) is 11.7. The van der Waals surface area contributed by atoms with Gasteiger partial charge >= 0.3 is 0 Å². The van der Waals surface area contributed by atoms with E-state index in [4.69, 9.17) is 0 Å². The van der Waals surface area contributed by atoms with Gasteiger partial charge in [-0.1, -0.05) is 48.9 Å². The Hall–Kier alpha value is -1.84. The fourth-order valence-electron chi connectivity index (χ4n) is 3.28. The van der Waals surface area contributed by atoms with Crippen molar-refractivity contribution < 1.29 is 4.79 Å². The normalized spacial score (nSPS) is 14.6. The zero-order chi connectivity index (χ0) is 16.8. The fraction of sp³-hybridized carbons (Fsp3) is 0.381. The number of aryl methyl sites for hydroxylation is 1. The molecule has 0 aliphatic carbocycles. The summed E-state index contributed by atoms with van der Waals surface area (Å²) >= 11 is 0. The van der Waals surface area contributed by atoms with Crippen LogP contribution in [0.15, 0.2) is 54.6 Å². The molecule has 0 unspecified atom stereocenters. The molecule has 0 saturated carbocycles. The van der Waals surface area contributed by atoms with Gasteiger partial charge in [0.2, 0.25) is 5.91 Å². The maximum absolute atomic E-state index is 13.0. The molecule has 2 aromatic rings. The van der Waals surface area contributed by atoms with E-state index >= 15 is 0 Å². The summed E-state index contributed by atoms with van der Waals surface area (Å²) in [7, 11) is 0. The number of hydrogen-bond donors (Lipinski definition) is 0. The lowest BCUT2D eigenvalue weighted by atomic mass is 10.1. The van der Waals surface area contributed by atoms with Crippen molar-refractivity contribution in [1.29, 1.82) is 0 Å². The predicted molar refractivity (Wildman–Crippen MR) is 106 cm³/mol. The molecule has 1 saturated heterocycles. The van der Waals surface area contributed by atoms with Crippen LogP contribution in [0.2, 0.25) is 0 Å². The van der Waals surface area contributed by atoms with Crippen molar-refractivity contribution in [3.05, 3.63) is 65.7 Å². The van der Waals surface area contributed by atoms with Crippen LogP contribution in [-0.2, 0) is 11.3 Å². The van der Waals surface area contributed by atoms with Gasteiger partial charge < -0.3 is 4.90 Å². The Bertz CT molecular complexity index is 669. The zero-order valence-corrected chi connectivity index (χ0v) is 15.7. The number of carbonyl (C=O) groups is 1. The van der Waals surface area contributed by atoms with Gasteiger partial charge in [-0.3, -0.25) is 9.69 Å². The number of nitrogens with zero attached hydrogens (tertiary/aromatic N) is 2. The van der Waals surface area contributed by atoms with Gasteiger partial charge in [0, 0.05) is 5.69 Å². The van der Waals surface area contributed by atoms with E-state index in [1.54, 1.807) is 0 Å². The third-order valence-electron chi connectivity index (χ3n) is 4.61. The van der Waals surface area contributed by atoms with Crippen LogP contribution in [0.25, 0.3) is 0 Å². The Morgan fingerprint density at radius 1 is 1.00 bits per heavy atom. The quantitative estimate of drug-likeness (QED) is 0.789. The molecule has 1 heterocycles. The van der Waals surface area contributed by atoms with E-state index in [-0.39, 0.29) is 18.3 Å². The monoisotopic (exact) mass is 358 g/mol. The second-order valence-electron chi connectivity index (χ2n) is 6.64. The molecule has 4 heteroatoms. The Morgan fingerprint density at radius 2 is 1.72 bits per heavy atom. The maximum Gasteiger partial charge on any atom is 0.241 e. The highest BCUT2D eigenvalue weighted by Gasteiger charge is 2.20. The lowest BCUT2D eigenvalue weighted by Gasteiger charge is -2.30. The van der Waals surface area contributed by atoms with Crippen molar-refractivity contribution in [3.8, 4) is 0 Å². The first-order valence-corrected chi connectivity index (χ1v) is 8.86. The minimum absolute atomic E-state index is 0. The molecule has 0 spiro atoms. The minimum atomic E-state index is 0. The van der Waals surface area contributed by atoms with Gasteiger partial charge in [-0.2, -0.15) is 0 Å². The van der Waals surface area contributed by atoms with E-state index in [0.717, 1.165) is 24.3 Å². The first kappa shape index (κ1) is 19.5. The molecular formula is C21H27ClN2O. The lowest BCUT2D eigenvalue weighted by molar-refractivity contribution is -0.120. The van der Waals surface area contributed by atoms with Gasteiger partial charge in [0.1, 0.15) is 0 Å². The van der Waals surface area contributed by atoms with Gasteiger partial charge in [-0.05, 0) is 56.1 Å². The molecule has 1 fully saturated rings. The van der Waals surface area contributed by atoms with Gasteiger partial charge in [-0.15, -0.1) is 12.4 Å². The number of hydrogen-bond acceptors (Lipinski definition) is 2. The molecule has 1 amide bonds. The molecule has 1 aliphatic rings. The summed E-state index contributed by atoms with van der Waals surface area (Å²) in [6.45, 7) is 5.29. The van der Waals surface area contributed by atoms with E-state index in [1.807, 2.05) is 35.2 Å². The van der Waals surface area contributed by atoms with Crippen LogP contribution in [0, 0.1) is 6.92 Å². The molecular weight excluding hydrogens is 332 g/mol. The van der Waals surface area contributed by atoms with E-state index in [2.05, 4.69) is 36.1 Å². The minimum Gasteiger partial charge on any atom is -0.307 e. The number of amides is 1. The van der Waals surface area contributed by atoms with E-state index in [1.165, 1.54) is 24.8 Å². The molecule has 0 aromatic heterocycles. The summed E-state index contributed by atoms with van der Waals surface area (Å²) in [5.74, 6) is 0.186. The third-order valence-corrected chi connectivity index (χ3v) is 4.61. The SMILES string of the molecule is Cc1cccc(N(Cc2ccccc2)C(=O)CN2CCCCC2)c1.Cl. The maximum atomic E-state index is 13.0. The summed E-state index contributed by atoms with van der Waals surface area (Å²) in [6.07, 6.45) is 3.70. The molecule has 2 aromatic carbocycles. The number of piperidine rings is 1. The summed E-state index contributed by atoms with van der Waals surface area (Å²) in [5, 5.41) is 0. The third kappa shape index (κ3) is 5.58. The number of carbonyl (C=O) groups excluding carboxylic acids is 1. The number of anilines is 1. The van der Waals surface area contributed by atoms with Gasteiger partial charge in [0.25, 0.3) is 0 Å². The van der Waals surface area contributed by atoms with Crippen LogP contribution in [0.5, 0.6) is 0 Å². The molecule has 3 nitrogen and oxygen atoms in total. The Balaban J connectivity index is 0.00000225. The van der Waals surface area contributed by atoms with E-state index < -0.39 is 0 Å². The number of likely N-dealkylation sites (tertiary alicyclic amines) is 1. The van der Waals surface area contributed by atoms with Crippen molar-refractivity contribution in [3.63, 3.8) is 0 Å². The highest BCUT2D eigenvalue weighted by molar-refractivity contribution is 5.94. The Labute approximate surface area is 157 Å². The van der Waals surface area contributed by atoms with Crippen molar-refractivity contribution in [2.45, 2.75) is 32.7 Å². The lowest BCUT2D eigenvalue weighted by Crippen LogP contribution is -2.42. The highest BCUT2D eigenvalue weighted by atomic mass is 35.5. The van der Waals surface area contributed by atoms with Crippen LogP contribution in [0.4, 0.5) is 5.69 Å². The smallest absolute Gasteiger partial charge is 0.241 e. The first-order valence-electron chi connectivity index (χ1n) is 8.86. The van der Waals surface area contributed by atoms with E-state index in [0.29, 0.717) is 13.1 Å². The van der Waals surface area contributed by atoms with Crippen LogP contribution >= 0.6 is 12.4 Å². The molecule has 0 N–H and O–H groups in total. The standard InChI is InChI=1S/C21H26N2O.ClH/c1-18-9-8-12-20(15-18)23(16-19-10-4-2-5-11-19)21(24)17-22-13-6-3-7-14-22;/h2,4-5,8-12,15H,3,6-7,13-14,16-17H2,1H3;1H. The second kappa shape index (κ2) is 9.59. The molecule has 25 heavy (non-hydrogen) atoms. The summed E-state index contributed by atoms with van der Waals surface area (Å²) in [4.78, 5) is 17.2. The van der Waals surface area contributed by atoms with Crippen LogP contribution in [-0.4, -0.2) is 30.4 Å². The van der Waals surface area contributed by atoms with Crippen LogP contribution < -0.4 is 4.90 Å². The van der Waals surface area contributed by atoms with Gasteiger partial charge in [0.05, 0.1) is 13.1 Å². The summed E-state index contributed by atoms with van der Waals surface area (Å²) in [6, 6.07) is 18.4. The molecule has 0 radical (unpaired) electrons. The van der Waals surface area contributed by atoms with Gasteiger partial charge in [0.15, 0.2) is 0 Å². The molecule has 134 valence electrons. The van der Waals surface area contributed by atoms with Crippen LogP contribution in [0.1, 0.15) is 30.4 Å². The number of rotatable bonds is 5. The van der Waals surface area contributed by atoms with Gasteiger partial charge in [-0.25, -0.2) is 0 Å². The van der Waals surface area contributed by atoms with Crippen molar-refractivity contribution in [2.75, 3.05) is 24.5 Å². The van der Waals surface area contributed by atoms with Crippen molar-refractivity contribution in [1.82, 2.24) is 4.90 Å². The van der Waals surface area contributed by atoms with Crippen molar-refractivity contribution >= 4 is 24.0 Å². The Morgan fingerprint density at radius 3 is 2.40 bits per heavy atom. The topological polar surface area (TPSA) is 23.6 Å². The number of halogens is 1. The number of benzene rings is 2. The molecule has 3 rings (SSSR count). The zero-order valence-electron chi connectivity index (χ0n) is 14.9. The molecule has 0 bridgehead atoms.